The summed E-state index contributed by atoms with van der Waals surface area (Å²) in [7, 11) is 0. The van der Waals surface area contributed by atoms with Gasteiger partial charge in [0, 0.05) is 24.4 Å². The van der Waals surface area contributed by atoms with Crippen molar-refractivity contribution in [2.75, 3.05) is 13.1 Å². The molecule has 1 saturated carbocycles. The van der Waals surface area contributed by atoms with Crippen molar-refractivity contribution in [2.45, 2.75) is 51.0 Å². The molecule has 0 aromatic carbocycles. The Morgan fingerprint density at radius 3 is 2.76 bits per heavy atom. The maximum absolute atomic E-state index is 4.36. The topological polar surface area (TPSA) is 29.9 Å². The molecule has 0 unspecified atom stereocenters. The fourth-order valence-corrected chi connectivity index (χ4v) is 3.08. The average Bonchev–Trinajstić information content (AvgIpc) is 2.76. The van der Waals surface area contributed by atoms with E-state index in [1.807, 2.05) is 6.33 Å². The zero-order valence-corrected chi connectivity index (χ0v) is 10.6. The van der Waals surface area contributed by atoms with E-state index in [0.29, 0.717) is 0 Å². The highest BCUT2D eigenvalue weighted by molar-refractivity contribution is 5.07. The normalized spacial score (nSPS) is 22.6. The van der Waals surface area contributed by atoms with E-state index in [1.54, 1.807) is 0 Å². The number of hydrogen-bond acceptors (Lipinski definition) is 2. The second kappa shape index (κ2) is 5.21. The van der Waals surface area contributed by atoms with Gasteiger partial charge < -0.3 is 9.88 Å². The minimum Gasteiger partial charge on any atom is -0.334 e. The first-order valence-electron chi connectivity index (χ1n) is 7.14. The Morgan fingerprint density at radius 2 is 2.06 bits per heavy atom. The van der Waals surface area contributed by atoms with Crippen molar-refractivity contribution in [3.8, 4) is 0 Å². The van der Waals surface area contributed by atoms with Crippen LogP contribution in [-0.4, -0.2) is 22.6 Å². The summed E-state index contributed by atoms with van der Waals surface area (Å²) in [6, 6.07) is 0. The molecule has 3 nitrogen and oxygen atoms in total. The van der Waals surface area contributed by atoms with Crippen molar-refractivity contribution >= 4 is 0 Å². The Kier molecular flexibility index (Phi) is 3.46. The molecule has 2 heterocycles. The van der Waals surface area contributed by atoms with Gasteiger partial charge in [-0.2, -0.15) is 0 Å². The molecular weight excluding hydrogens is 210 g/mol. The van der Waals surface area contributed by atoms with E-state index in [4.69, 9.17) is 0 Å². The third kappa shape index (κ3) is 2.54. The molecule has 0 bridgehead atoms. The van der Waals surface area contributed by atoms with Crippen LogP contribution in [0.25, 0.3) is 0 Å². The number of aryl methyl sites for hydroxylation is 1. The molecule has 1 aromatic heterocycles. The lowest BCUT2D eigenvalue weighted by molar-refractivity contribution is 0.279. The fourth-order valence-electron chi connectivity index (χ4n) is 3.08. The predicted molar refractivity (Wildman–Crippen MR) is 69.0 cm³/mol. The molecule has 0 amide bonds. The van der Waals surface area contributed by atoms with Crippen LogP contribution in [0.15, 0.2) is 12.5 Å². The van der Waals surface area contributed by atoms with Gasteiger partial charge in [0.1, 0.15) is 0 Å². The van der Waals surface area contributed by atoms with E-state index in [2.05, 4.69) is 21.1 Å². The van der Waals surface area contributed by atoms with Gasteiger partial charge >= 0.3 is 0 Å². The van der Waals surface area contributed by atoms with Crippen LogP contribution in [0.2, 0.25) is 0 Å². The molecule has 3 rings (SSSR count). The molecule has 1 aliphatic heterocycles. The van der Waals surface area contributed by atoms with Crippen molar-refractivity contribution in [3.63, 3.8) is 0 Å². The average molecular weight is 233 g/mol. The molecule has 0 atom stereocenters. The molecule has 2 aliphatic rings. The van der Waals surface area contributed by atoms with Crippen molar-refractivity contribution in [3.05, 3.63) is 18.2 Å². The summed E-state index contributed by atoms with van der Waals surface area (Å²) in [6.07, 6.45) is 12.4. The summed E-state index contributed by atoms with van der Waals surface area (Å²) in [5.41, 5.74) is 1.48. The Bertz CT molecular complexity index is 348. The molecule has 1 aromatic rings. The molecule has 1 saturated heterocycles. The van der Waals surface area contributed by atoms with Crippen molar-refractivity contribution in [2.24, 2.45) is 5.92 Å². The van der Waals surface area contributed by atoms with Gasteiger partial charge in [-0.25, -0.2) is 4.98 Å². The minimum absolute atomic E-state index is 0.736. The van der Waals surface area contributed by atoms with Gasteiger partial charge in [-0.3, -0.25) is 0 Å². The lowest BCUT2D eigenvalue weighted by Gasteiger charge is -2.27. The zero-order chi connectivity index (χ0) is 11.5. The number of imidazole rings is 1. The monoisotopic (exact) mass is 233 g/mol. The summed E-state index contributed by atoms with van der Waals surface area (Å²) in [5, 5.41) is 3.43. The SMILES string of the molecule is c1ncn(CCC2CCC2)c1C1CCNCC1. The summed E-state index contributed by atoms with van der Waals surface area (Å²) in [4.78, 5) is 4.36. The molecule has 1 aliphatic carbocycles. The van der Waals surface area contributed by atoms with Crippen molar-refractivity contribution < 1.29 is 0 Å². The zero-order valence-electron chi connectivity index (χ0n) is 10.6. The first-order chi connectivity index (χ1) is 8.43. The smallest absolute Gasteiger partial charge is 0.0948 e. The van der Waals surface area contributed by atoms with Gasteiger partial charge in [0.2, 0.25) is 0 Å². The maximum atomic E-state index is 4.36. The quantitative estimate of drug-likeness (QED) is 0.866. The van der Waals surface area contributed by atoms with Crippen LogP contribution in [0.4, 0.5) is 0 Å². The molecule has 2 fully saturated rings. The van der Waals surface area contributed by atoms with E-state index in [-0.39, 0.29) is 0 Å². The molecule has 0 radical (unpaired) electrons. The molecule has 3 heteroatoms. The lowest BCUT2D eigenvalue weighted by Crippen LogP contribution is -2.27. The molecular formula is C14H23N3. The molecule has 1 N–H and O–H groups in total. The Labute approximate surface area is 104 Å². The van der Waals surface area contributed by atoms with Gasteiger partial charge in [-0.05, 0) is 38.3 Å². The molecule has 0 spiro atoms. The number of rotatable bonds is 4. The number of hydrogen-bond donors (Lipinski definition) is 1. The fraction of sp³-hybridized carbons (Fsp3) is 0.786. The van der Waals surface area contributed by atoms with Crippen molar-refractivity contribution in [1.82, 2.24) is 14.9 Å². The summed E-state index contributed by atoms with van der Waals surface area (Å²) < 4.78 is 2.41. The summed E-state index contributed by atoms with van der Waals surface area (Å²) >= 11 is 0. The Hall–Kier alpha value is -0.830. The van der Waals surface area contributed by atoms with Crippen LogP contribution >= 0.6 is 0 Å². The number of aromatic nitrogens is 2. The largest absolute Gasteiger partial charge is 0.334 e. The maximum Gasteiger partial charge on any atom is 0.0948 e. The Morgan fingerprint density at radius 1 is 1.24 bits per heavy atom. The number of piperidine rings is 1. The van der Waals surface area contributed by atoms with E-state index in [0.717, 1.165) is 11.8 Å². The van der Waals surface area contributed by atoms with Crippen LogP contribution < -0.4 is 5.32 Å². The standard InChI is InChI=1S/C14H23N3/c1-2-12(3-1)6-9-17-11-16-10-14(17)13-4-7-15-8-5-13/h10-13,15H,1-9H2. The highest BCUT2D eigenvalue weighted by atomic mass is 15.0. The summed E-state index contributed by atoms with van der Waals surface area (Å²) in [6.45, 7) is 3.51. The van der Waals surface area contributed by atoms with E-state index in [9.17, 15) is 0 Å². The van der Waals surface area contributed by atoms with Crippen LogP contribution in [0.3, 0.4) is 0 Å². The third-order valence-electron chi connectivity index (χ3n) is 4.50. The minimum atomic E-state index is 0.736. The highest BCUT2D eigenvalue weighted by Gasteiger charge is 2.20. The first-order valence-corrected chi connectivity index (χ1v) is 7.14. The van der Waals surface area contributed by atoms with Gasteiger partial charge in [0.05, 0.1) is 6.33 Å². The van der Waals surface area contributed by atoms with E-state index >= 15 is 0 Å². The van der Waals surface area contributed by atoms with E-state index in [1.165, 1.54) is 63.9 Å². The van der Waals surface area contributed by atoms with Gasteiger partial charge in [0.15, 0.2) is 0 Å². The van der Waals surface area contributed by atoms with Crippen LogP contribution in [-0.2, 0) is 6.54 Å². The van der Waals surface area contributed by atoms with Gasteiger partial charge in [-0.15, -0.1) is 0 Å². The van der Waals surface area contributed by atoms with Gasteiger partial charge in [0.25, 0.3) is 0 Å². The van der Waals surface area contributed by atoms with Gasteiger partial charge in [-0.1, -0.05) is 19.3 Å². The number of nitrogens with zero attached hydrogens (tertiary/aromatic N) is 2. The third-order valence-corrected chi connectivity index (χ3v) is 4.50. The van der Waals surface area contributed by atoms with E-state index < -0.39 is 0 Å². The molecule has 94 valence electrons. The highest BCUT2D eigenvalue weighted by Crippen LogP contribution is 2.31. The lowest BCUT2D eigenvalue weighted by atomic mass is 9.83. The first kappa shape index (κ1) is 11.3. The predicted octanol–water partition coefficient (Wildman–Crippen LogP) is 2.54. The van der Waals surface area contributed by atoms with Crippen LogP contribution in [0.1, 0.15) is 50.1 Å². The second-order valence-electron chi connectivity index (χ2n) is 5.62. The van der Waals surface area contributed by atoms with Crippen LogP contribution in [0.5, 0.6) is 0 Å². The molecule has 17 heavy (non-hydrogen) atoms. The number of nitrogens with one attached hydrogen (secondary N) is 1. The second-order valence-corrected chi connectivity index (χ2v) is 5.62. The van der Waals surface area contributed by atoms with Crippen molar-refractivity contribution in [1.29, 1.82) is 0 Å². The van der Waals surface area contributed by atoms with Crippen LogP contribution in [0, 0.1) is 5.92 Å². The Balaban J connectivity index is 1.61. The summed E-state index contributed by atoms with van der Waals surface area (Å²) in [5.74, 6) is 1.73.